The molecule has 22 heavy (non-hydrogen) atoms. The molecule has 0 radical (unpaired) electrons. The number of guanidine groups is 1. The lowest BCUT2D eigenvalue weighted by atomic mass is 10.1. The van der Waals surface area contributed by atoms with Crippen molar-refractivity contribution >= 4 is 53.0 Å². The van der Waals surface area contributed by atoms with E-state index >= 15 is 0 Å². The predicted molar refractivity (Wildman–Crippen MR) is 110 cm³/mol. The summed E-state index contributed by atoms with van der Waals surface area (Å²) < 4.78 is 0. The van der Waals surface area contributed by atoms with Gasteiger partial charge in [-0.15, -0.1) is 35.3 Å². The van der Waals surface area contributed by atoms with Crippen LogP contribution < -0.4 is 5.32 Å². The molecule has 0 aliphatic carbocycles. The van der Waals surface area contributed by atoms with E-state index in [0.717, 1.165) is 37.0 Å². The van der Waals surface area contributed by atoms with Crippen molar-refractivity contribution in [2.75, 3.05) is 25.9 Å². The Balaban J connectivity index is 0.00000242. The number of thioether (sulfide) groups is 1. The summed E-state index contributed by atoms with van der Waals surface area (Å²) in [5.41, 5.74) is 0. The van der Waals surface area contributed by atoms with Crippen LogP contribution in [0.25, 0.3) is 0 Å². The van der Waals surface area contributed by atoms with Gasteiger partial charge in [0, 0.05) is 42.2 Å². The summed E-state index contributed by atoms with van der Waals surface area (Å²) in [5.74, 6) is 2.90. The van der Waals surface area contributed by atoms with Crippen LogP contribution in [0.5, 0.6) is 0 Å². The monoisotopic (exact) mass is 454 g/mol. The van der Waals surface area contributed by atoms with Gasteiger partial charge in [-0.3, -0.25) is 4.99 Å². The highest BCUT2D eigenvalue weighted by Crippen LogP contribution is 2.24. The zero-order valence-electron chi connectivity index (χ0n) is 13.8. The molecule has 0 spiro atoms. The molecule has 1 N–H and O–H groups in total. The average molecular weight is 454 g/mol. The molecule has 1 atom stereocenters. The SMILES string of the molecule is CCc1cnc(CNC(=NC)N2CCSC(C(C)C)C2)s1.I. The fourth-order valence-electron chi connectivity index (χ4n) is 2.35. The van der Waals surface area contributed by atoms with Gasteiger partial charge in [-0.1, -0.05) is 20.8 Å². The van der Waals surface area contributed by atoms with Crippen LogP contribution in [0.3, 0.4) is 0 Å². The van der Waals surface area contributed by atoms with E-state index < -0.39 is 0 Å². The van der Waals surface area contributed by atoms with Crippen LogP contribution in [0.2, 0.25) is 0 Å². The Bertz CT molecular complexity index is 476. The first-order chi connectivity index (χ1) is 10.1. The van der Waals surface area contributed by atoms with Crippen molar-refractivity contribution in [3.05, 3.63) is 16.1 Å². The van der Waals surface area contributed by atoms with E-state index in [1.807, 2.05) is 13.2 Å². The van der Waals surface area contributed by atoms with Gasteiger partial charge in [-0.05, 0) is 12.3 Å². The Morgan fingerprint density at radius 3 is 2.91 bits per heavy atom. The molecular formula is C15H27IN4S2. The zero-order chi connectivity index (χ0) is 15.2. The summed E-state index contributed by atoms with van der Waals surface area (Å²) in [6.07, 6.45) is 3.04. The van der Waals surface area contributed by atoms with E-state index in [4.69, 9.17) is 0 Å². The van der Waals surface area contributed by atoms with Crippen LogP contribution in [0, 0.1) is 5.92 Å². The second kappa shape index (κ2) is 9.97. The first-order valence-electron chi connectivity index (χ1n) is 7.64. The molecule has 1 unspecified atom stereocenters. The number of aryl methyl sites for hydroxylation is 1. The highest BCUT2D eigenvalue weighted by Gasteiger charge is 2.24. The molecular weight excluding hydrogens is 427 g/mol. The lowest BCUT2D eigenvalue weighted by molar-refractivity contribution is 0.380. The van der Waals surface area contributed by atoms with Gasteiger partial charge in [-0.2, -0.15) is 11.8 Å². The first-order valence-corrected chi connectivity index (χ1v) is 9.51. The minimum atomic E-state index is 0. The van der Waals surface area contributed by atoms with E-state index in [1.54, 1.807) is 11.3 Å². The third-order valence-electron chi connectivity index (χ3n) is 3.70. The van der Waals surface area contributed by atoms with Crippen LogP contribution in [-0.4, -0.2) is 47.0 Å². The number of rotatable bonds is 4. The van der Waals surface area contributed by atoms with Crippen LogP contribution >= 0.6 is 47.1 Å². The predicted octanol–water partition coefficient (Wildman–Crippen LogP) is 3.47. The number of halogens is 1. The van der Waals surface area contributed by atoms with Crippen molar-refractivity contribution in [3.8, 4) is 0 Å². The topological polar surface area (TPSA) is 40.5 Å². The highest BCUT2D eigenvalue weighted by atomic mass is 127. The van der Waals surface area contributed by atoms with Gasteiger partial charge in [0.1, 0.15) is 5.01 Å². The van der Waals surface area contributed by atoms with Crippen molar-refractivity contribution in [1.29, 1.82) is 0 Å². The molecule has 2 heterocycles. The molecule has 1 aromatic rings. The van der Waals surface area contributed by atoms with E-state index in [-0.39, 0.29) is 24.0 Å². The second-order valence-electron chi connectivity index (χ2n) is 5.57. The third kappa shape index (κ3) is 5.56. The normalized spacial score (nSPS) is 19.2. The van der Waals surface area contributed by atoms with E-state index in [9.17, 15) is 0 Å². The Labute approximate surface area is 159 Å². The van der Waals surface area contributed by atoms with E-state index in [1.165, 1.54) is 10.6 Å². The molecule has 0 aromatic carbocycles. The smallest absolute Gasteiger partial charge is 0.194 e. The van der Waals surface area contributed by atoms with Crippen molar-refractivity contribution in [2.24, 2.45) is 10.9 Å². The van der Waals surface area contributed by atoms with Crippen molar-refractivity contribution in [2.45, 2.75) is 39.0 Å². The molecule has 4 nitrogen and oxygen atoms in total. The molecule has 0 bridgehead atoms. The summed E-state index contributed by atoms with van der Waals surface area (Å²) in [4.78, 5) is 12.6. The fraction of sp³-hybridized carbons (Fsp3) is 0.733. The number of aliphatic imine (C=N–C) groups is 1. The molecule has 126 valence electrons. The molecule has 1 aliphatic heterocycles. The van der Waals surface area contributed by atoms with Gasteiger partial charge in [0.25, 0.3) is 0 Å². The molecule has 2 rings (SSSR count). The third-order valence-corrected chi connectivity index (χ3v) is 6.38. The van der Waals surface area contributed by atoms with Crippen molar-refractivity contribution in [3.63, 3.8) is 0 Å². The molecule has 7 heteroatoms. The van der Waals surface area contributed by atoms with Crippen molar-refractivity contribution < 1.29 is 0 Å². The number of aromatic nitrogens is 1. The highest BCUT2D eigenvalue weighted by molar-refractivity contribution is 14.0. The molecule has 1 saturated heterocycles. The average Bonchev–Trinajstić information content (AvgIpc) is 2.96. The fourth-order valence-corrected chi connectivity index (χ4v) is 4.45. The summed E-state index contributed by atoms with van der Waals surface area (Å²) >= 11 is 3.88. The number of nitrogens with one attached hydrogen (secondary N) is 1. The lowest BCUT2D eigenvalue weighted by Crippen LogP contribution is -2.48. The zero-order valence-corrected chi connectivity index (χ0v) is 17.8. The van der Waals surface area contributed by atoms with E-state index in [2.05, 4.69) is 52.7 Å². The van der Waals surface area contributed by atoms with Gasteiger partial charge in [0.2, 0.25) is 0 Å². The maximum atomic E-state index is 4.46. The first kappa shape index (κ1) is 20.0. The van der Waals surface area contributed by atoms with Gasteiger partial charge in [0.05, 0.1) is 6.54 Å². The molecule has 0 amide bonds. The summed E-state index contributed by atoms with van der Waals surface area (Å²) in [5, 5.41) is 5.30. The maximum Gasteiger partial charge on any atom is 0.194 e. The Hall–Kier alpha value is -0.0200. The summed E-state index contributed by atoms with van der Waals surface area (Å²) in [6, 6.07) is 0. The summed E-state index contributed by atoms with van der Waals surface area (Å²) in [6.45, 7) is 9.71. The van der Waals surface area contributed by atoms with Gasteiger partial charge < -0.3 is 10.2 Å². The minimum absolute atomic E-state index is 0. The lowest BCUT2D eigenvalue weighted by Gasteiger charge is -2.36. The standard InChI is InChI=1S/C15H26N4S2.HI/c1-5-12-8-17-14(21-12)9-18-15(16-4)19-6-7-20-13(10-19)11(2)3;/h8,11,13H,5-7,9-10H2,1-4H3,(H,16,18);1H. The molecule has 1 aliphatic rings. The molecule has 1 aromatic heterocycles. The van der Waals surface area contributed by atoms with Gasteiger partial charge in [-0.25, -0.2) is 4.98 Å². The largest absolute Gasteiger partial charge is 0.350 e. The van der Waals surface area contributed by atoms with E-state index in [0.29, 0.717) is 11.2 Å². The Morgan fingerprint density at radius 2 is 2.32 bits per heavy atom. The van der Waals surface area contributed by atoms with Gasteiger partial charge >= 0.3 is 0 Å². The maximum absolute atomic E-state index is 4.46. The number of hydrogen-bond acceptors (Lipinski definition) is 4. The van der Waals surface area contributed by atoms with Crippen LogP contribution in [0.4, 0.5) is 0 Å². The Kier molecular flexibility index (Phi) is 9.08. The second-order valence-corrected chi connectivity index (χ2v) is 8.12. The molecule has 1 fully saturated rings. The van der Waals surface area contributed by atoms with Crippen LogP contribution in [-0.2, 0) is 13.0 Å². The van der Waals surface area contributed by atoms with Crippen LogP contribution in [0.1, 0.15) is 30.7 Å². The number of thiazole rings is 1. The minimum Gasteiger partial charge on any atom is -0.350 e. The van der Waals surface area contributed by atoms with Crippen LogP contribution in [0.15, 0.2) is 11.2 Å². The number of hydrogen-bond donors (Lipinski definition) is 1. The molecule has 0 saturated carbocycles. The summed E-state index contributed by atoms with van der Waals surface area (Å²) in [7, 11) is 1.87. The van der Waals surface area contributed by atoms with Gasteiger partial charge in [0.15, 0.2) is 5.96 Å². The quantitative estimate of drug-likeness (QED) is 0.430. The number of nitrogens with zero attached hydrogens (tertiary/aromatic N) is 3. The Morgan fingerprint density at radius 1 is 1.55 bits per heavy atom. The van der Waals surface area contributed by atoms with Crippen molar-refractivity contribution in [1.82, 2.24) is 15.2 Å².